The molecule has 0 spiro atoms. The van der Waals surface area contributed by atoms with E-state index in [4.69, 9.17) is 0 Å². The van der Waals surface area contributed by atoms with Crippen LogP contribution < -0.4 is 5.32 Å². The van der Waals surface area contributed by atoms with Crippen LogP contribution in [0.15, 0.2) is 0 Å². The van der Waals surface area contributed by atoms with E-state index in [1.165, 1.54) is 77.5 Å². The zero-order valence-electron chi connectivity index (χ0n) is 14.1. The summed E-state index contributed by atoms with van der Waals surface area (Å²) in [5, 5.41) is 3.95. The maximum absolute atomic E-state index is 3.95. The molecule has 2 nitrogen and oxygen atoms in total. The van der Waals surface area contributed by atoms with E-state index in [2.05, 4.69) is 31.0 Å². The largest absolute Gasteiger partial charge is 0.313 e. The molecule has 0 amide bonds. The molecule has 0 radical (unpaired) electrons. The molecule has 2 aliphatic rings. The van der Waals surface area contributed by atoms with Gasteiger partial charge in [0.05, 0.1) is 0 Å². The number of likely N-dealkylation sites (tertiary alicyclic amines) is 1. The summed E-state index contributed by atoms with van der Waals surface area (Å²) >= 11 is 0. The van der Waals surface area contributed by atoms with Crippen LogP contribution in [0.2, 0.25) is 0 Å². The monoisotopic (exact) mass is 280 g/mol. The standard InChI is InChI=1S/C18H36N2/c1-4-11-20-12-7-17(8-13-20)19-15-18(14-16(2)3)9-5-6-10-18/h16-17,19H,4-15H2,1-3H3. The lowest BCUT2D eigenvalue weighted by atomic mass is 9.78. The molecule has 2 fully saturated rings. The Morgan fingerprint density at radius 2 is 1.80 bits per heavy atom. The summed E-state index contributed by atoms with van der Waals surface area (Å²) in [6.07, 6.45) is 11.3. The van der Waals surface area contributed by atoms with Gasteiger partial charge < -0.3 is 10.2 Å². The second-order valence-electron chi connectivity index (χ2n) is 7.80. The molecule has 0 aromatic rings. The van der Waals surface area contributed by atoms with Crippen LogP contribution >= 0.6 is 0 Å². The number of hydrogen-bond acceptors (Lipinski definition) is 2. The predicted octanol–water partition coefficient (Wildman–Crippen LogP) is 4.06. The first kappa shape index (κ1) is 16.3. The van der Waals surface area contributed by atoms with Gasteiger partial charge in [0, 0.05) is 12.6 Å². The van der Waals surface area contributed by atoms with Gasteiger partial charge in [-0.1, -0.05) is 33.6 Å². The molecular formula is C18H36N2. The summed E-state index contributed by atoms with van der Waals surface area (Å²) in [5.41, 5.74) is 0.634. The average molecular weight is 280 g/mol. The van der Waals surface area contributed by atoms with Crippen molar-refractivity contribution in [2.45, 2.75) is 78.2 Å². The topological polar surface area (TPSA) is 15.3 Å². The number of nitrogens with one attached hydrogen (secondary N) is 1. The third kappa shape index (κ3) is 4.73. The number of nitrogens with zero attached hydrogens (tertiary/aromatic N) is 1. The highest BCUT2D eigenvalue weighted by Gasteiger charge is 2.34. The fraction of sp³-hybridized carbons (Fsp3) is 1.00. The van der Waals surface area contributed by atoms with Crippen LogP contribution in [0.5, 0.6) is 0 Å². The Hall–Kier alpha value is -0.0800. The SMILES string of the molecule is CCCN1CCC(NCC2(CC(C)C)CCCC2)CC1. The molecule has 0 atom stereocenters. The second-order valence-corrected chi connectivity index (χ2v) is 7.80. The molecule has 1 N–H and O–H groups in total. The molecular weight excluding hydrogens is 244 g/mol. The fourth-order valence-electron chi connectivity index (χ4n) is 4.48. The van der Waals surface area contributed by atoms with Crippen molar-refractivity contribution in [1.82, 2.24) is 10.2 Å². The summed E-state index contributed by atoms with van der Waals surface area (Å²) in [4.78, 5) is 2.64. The second kappa shape index (κ2) is 7.79. The van der Waals surface area contributed by atoms with Crippen LogP contribution in [-0.4, -0.2) is 37.1 Å². The van der Waals surface area contributed by atoms with Crippen LogP contribution in [0, 0.1) is 11.3 Å². The van der Waals surface area contributed by atoms with Gasteiger partial charge in [-0.25, -0.2) is 0 Å². The Balaban J connectivity index is 1.73. The maximum Gasteiger partial charge on any atom is 0.00916 e. The van der Waals surface area contributed by atoms with Gasteiger partial charge >= 0.3 is 0 Å². The van der Waals surface area contributed by atoms with Crippen LogP contribution in [0.4, 0.5) is 0 Å². The van der Waals surface area contributed by atoms with Gasteiger partial charge in [-0.2, -0.15) is 0 Å². The maximum atomic E-state index is 3.95. The van der Waals surface area contributed by atoms with E-state index in [0.717, 1.165) is 12.0 Å². The molecule has 0 unspecified atom stereocenters. The zero-order chi connectivity index (χ0) is 14.4. The lowest BCUT2D eigenvalue weighted by molar-refractivity contribution is 0.170. The lowest BCUT2D eigenvalue weighted by Gasteiger charge is -2.36. The summed E-state index contributed by atoms with van der Waals surface area (Å²) in [6.45, 7) is 12.3. The van der Waals surface area contributed by atoms with Gasteiger partial charge in [0.2, 0.25) is 0 Å². The van der Waals surface area contributed by atoms with E-state index < -0.39 is 0 Å². The van der Waals surface area contributed by atoms with Crippen molar-refractivity contribution in [2.75, 3.05) is 26.2 Å². The van der Waals surface area contributed by atoms with Crippen LogP contribution in [0.1, 0.15) is 72.1 Å². The van der Waals surface area contributed by atoms with E-state index in [1.807, 2.05) is 0 Å². The first-order valence-electron chi connectivity index (χ1n) is 9.09. The number of piperidine rings is 1. The van der Waals surface area contributed by atoms with Crippen molar-refractivity contribution in [2.24, 2.45) is 11.3 Å². The minimum Gasteiger partial charge on any atom is -0.313 e. The molecule has 0 aromatic carbocycles. The van der Waals surface area contributed by atoms with Crippen LogP contribution in [0.25, 0.3) is 0 Å². The smallest absolute Gasteiger partial charge is 0.00916 e. The first-order chi connectivity index (χ1) is 9.63. The Morgan fingerprint density at radius 1 is 1.15 bits per heavy atom. The Labute approximate surface area is 126 Å². The molecule has 2 rings (SSSR count). The molecule has 0 aromatic heterocycles. The Bertz CT molecular complexity index is 261. The predicted molar refractivity (Wildman–Crippen MR) is 88.1 cm³/mol. The summed E-state index contributed by atoms with van der Waals surface area (Å²) < 4.78 is 0. The molecule has 1 aliphatic carbocycles. The average Bonchev–Trinajstić information content (AvgIpc) is 2.86. The molecule has 1 aliphatic heterocycles. The zero-order valence-corrected chi connectivity index (χ0v) is 14.1. The number of rotatable bonds is 7. The van der Waals surface area contributed by atoms with Crippen molar-refractivity contribution in [1.29, 1.82) is 0 Å². The number of hydrogen-bond donors (Lipinski definition) is 1. The molecule has 0 bridgehead atoms. The van der Waals surface area contributed by atoms with Gasteiger partial charge in [0.15, 0.2) is 0 Å². The highest BCUT2D eigenvalue weighted by Crippen LogP contribution is 2.42. The molecule has 118 valence electrons. The van der Waals surface area contributed by atoms with Crippen molar-refractivity contribution >= 4 is 0 Å². The van der Waals surface area contributed by atoms with E-state index in [0.29, 0.717) is 5.41 Å². The van der Waals surface area contributed by atoms with Crippen molar-refractivity contribution in [3.8, 4) is 0 Å². The Kier molecular flexibility index (Phi) is 6.35. The molecule has 1 heterocycles. The van der Waals surface area contributed by atoms with Gasteiger partial charge in [0.25, 0.3) is 0 Å². The minimum absolute atomic E-state index is 0.634. The Morgan fingerprint density at radius 3 is 2.35 bits per heavy atom. The van der Waals surface area contributed by atoms with Crippen molar-refractivity contribution in [3.05, 3.63) is 0 Å². The van der Waals surface area contributed by atoms with Gasteiger partial charge in [0.1, 0.15) is 0 Å². The van der Waals surface area contributed by atoms with Gasteiger partial charge in [-0.3, -0.25) is 0 Å². The van der Waals surface area contributed by atoms with E-state index in [9.17, 15) is 0 Å². The third-order valence-corrected chi connectivity index (χ3v) is 5.40. The van der Waals surface area contributed by atoms with E-state index >= 15 is 0 Å². The van der Waals surface area contributed by atoms with Gasteiger partial charge in [-0.05, 0) is 69.5 Å². The minimum atomic E-state index is 0.634. The molecule has 1 saturated heterocycles. The highest BCUT2D eigenvalue weighted by atomic mass is 15.1. The lowest BCUT2D eigenvalue weighted by Crippen LogP contribution is -2.46. The molecule has 20 heavy (non-hydrogen) atoms. The van der Waals surface area contributed by atoms with E-state index in [1.54, 1.807) is 0 Å². The van der Waals surface area contributed by atoms with Gasteiger partial charge in [-0.15, -0.1) is 0 Å². The summed E-state index contributed by atoms with van der Waals surface area (Å²) in [6, 6.07) is 0.785. The van der Waals surface area contributed by atoms with Crippen molar-refractivity contribution < 1.29 is 0 Å². The van der Waals surface area contributed by atoms with E-state index in [-0.39, 0.29) is 0 Å². The highest BCUT2D eigenvalue weighted by molar-refractivity contribution is 4.89. The quantitative estimate of drug-likeness (QED) is 0.756. The summed E-state index contributed by atoms with van der Waals surface area (Å²) in [5.74, 6) is 0.848. The molecule has 2 heteroatoms. The fourth-order valence-corrected chi connectivity index (χ4v) is 4.48. The normalized spacial score (nSPS) is 24.6. The third-order valence-electron chi connectivity index (χ3n) is 5.40. The van der Waals surface area contributed by atoms with Crippen LogP contribution in [0.3, 0.4) is 0 Å². The van der Waals surface area contributed by atoms with Crippen LogP contribution in [-0.2, 0) is 0 Å². The first-order valence-corrected chi connectivity index (χ1v) is 9.09. The summed E-state index contributed by atoms with van der Waals surface area (Å²) in [7, 11) is 0. The molecule has 1 saturated carbocycles. The van der Waals surface area contributed by atoms with Crippen molar-refractivity contribution in [3.63, 3.8) is 0 Å².